The molecule has 23 heavy (non-hydrogen) atoms. The molecular formula is C16H20F3NO3. The number of amides is 1. The average molecular weight is 331 g/mol. The Hall–Kier alpha value is -1.76. The lowest BCUT2D eigenvalue weighted by molar-refractivity contribution is -0.274. The van der Waals surface area contributed by atoms with Crippen molar-refractivity contribution in [3.8, 4) is 5.75 Å². The molecule has 2 rings (SSSR count). The third-order valence-electron chi connectivity index (χ3n) is 3.99. The van der Waals surface area contributed by atoms with Gasteiger partial charge in [-0.1, -0.05) is 25.0 Å². The SMILES string of the molecule is O=C(Cc1cccc(OC(F)(F)F)c1)NC1CCCCC1CO. The highest BCUT2D eigenvalue weighted by Gasteiger charge is 2.31. The van der Waals surface area contributed by atoms with E-state index in [1.165, 1.54) is 18.2 Å². The molecule has 1 aliphatic carbocycles. The lowest BCUT2D eigenvalue weighted by Crippen LogP contribution is -2.44. The van der Waals surface area contributed by atoms with Crippen LogP contribution in [0.5, 0.6) is 5.75 Å². The number of alkyl halides is 3. The zero-order valence-corrected chi connectivity index (χ0v) is 12.6. The predicted octanol–water partition coefficient (Wildman–Crippen LogP) is 2.80. The number of carbonyl (C=O) groups is 1. The van der Waals surface area contributed by atoms with Crippen LogP contribution >= 0.6 is 0 Å². The normalized spacial score (nSPS) is 21.7. The lowest BCUT2D eigenvalue weighted by Gasteiger charge is -2.30. The van der Waals surface area contributed by atoms with E-state index in [4.69, 9.17) is 0 Å². The van der Waals surface area contributed by atoms with Crippen molar-refractivity contribution in [2.45, 2.75) is 44.5 Å². The summed E-state index contributed by atoms with van der Waals surface area (Å²) in [6.07, 6.45) is -1.06. The highest BCUT2D eigenvalue weighted by Crippen LogP contribution is 2.25. The van der Waals surface area contributed by atoms with E-state index in [0.29, 0.717) is 5.56 Å². The van der Waals surface area contributed by atoms with Crippen LogP contribution in [0.4, 0.5) is 13.2 Å². The number of halogens is 3. The monoisotopic (exact) mass is 331 g/mol. The zero-order chi connectivity index (χ0) is 16.9. The molecule has 1 saturated carbocycles. The summed E-state index contributed by atoms with van der Waals surface area (Å²) in [5.74, 6) is -0.555. The standard InChI is InChI=1S/C16H20F3NO3/c17-16(18,19)23-13-6-3-4-11(8-13)9-15(22)20-14-7-2-1-5-12(14)10-21/h3-4,6,8,12,14,21H,1-2,5,7,9-10H2,(H,20,22). The van der Waals surface area contributed by atoms with Crippen LogP contribution in [0.3, 0.4) is 0 Å². The van der Waals surface area contributed by atoms with Crippen molar-refractivity contribution in [3.05, 3.63) is 29.8 Å². The van der Waals surface area contributed by atoms with Gasteiger partial charge in [-0.15, -0.1) is 13.2 Å². The smallest absolute Gasteiger partial charge is 0.406 e. The molecule has 7 heteroatoms. The number of hydrogen-bond donors (Lipinski definition) is 2. The molecule has 4 nitrogen and oxygen atoms in total. The molecule has 1 fully saturated rings. The number of rotatable bonds is 5. The molecule has 0 bridgehead atoms. The van der Waals surface area contributed by atoms with Crippen LogP contribution in [-0.4, -0.2) is 30.0 Å². The van der Waals surface area contributed by atoms with Gasteiger partial charge in [0.15, 0.2) is 0 Å². The van der Waals surface area contributed by atoms with Crippen LogP contribution in [0.15, 0.2) is 24.3 Å². The summed E-state index contributed by atoms with van der Waals surface area (Å²) in [5.41, 5.74) is 0.445. The topological polar surface area (TPSA) is 58.6 Å². The Morgan fingerprint density at radius 3 is 2.74 bits per heavy atom. The molecule has 0 spiro atoms. The van der Waals surface area contributed by atoms with Gasteiger partial charge in [-0.05, 0) is 30.5 Å². The molecule has 1 aromatic rings. The van der Waals surface area contributed by atoms with Gasteiger partial charge in [-0.25, -0.2) is 0 Å². The van der Waals surface area contributed by atoms with Gasteiger partial charge in [0.1, 0.15) is 5.75 Å². The van der Waals surface area contributed by atoms with Crippen molar-refractivity contribution < 1.29 is 27.8 Å². The summed E-state index contributed by atoms with van der Waals surface area (Å²) in [6, 6.07) is 5.32. The maximum atomic E-state index is 12.2. The summed E-state index contributed by atoms with van der Waals surface area (Å²) < 4.78 is 40.4. The van der Waals surface area contributed by atoms with E-state index in [1.54, 1.807) is 6.07 Å². The van der Waals surface area contributed by atoms with Crippen LogP contribution in [0.2, 0.25) is 0 Å². The maximum absolute atomic E-state index is 12.2. The minimum absolute atomic E-state index is 0.0241. The van der Waals surface area contributed by atoms with E-state index < -0.39 is 6.36 Å². The van der Waals surface area contributed by atoms with Crippen molar-refractivity contribution in [2.24, 2.45) is 5.92 Å². The highest BCUT2D eigenvalue weighted by atomic mass is 19.4. The molecular weight excluding hydrogens is 311 g/mol. The Morgan fingerprint density at radius 2 is 2.04 bits per heavy atom. The molecule has 128 valence electrons. The second kappa shape index (κ2) is 7.68. The van der Waals surface area contributed by atoms with Gasteiger partial charge in [0.25, 0.3) is 0 Å². The summed E-state index contributed by atoms with van der Waals surface area (Å²) >= 11 is 0. The van der Waals surface area contributed by atoms with E-state index in [1.807, 2.05) is 0 Å². The summed E-state index contributed by atoms with van der Waals surface area (Å²) in [6.45, 7) is 0.0276. The number of hydrogen-bond acceptors (Lipinski definition) is 3. The Morgan fingerprint density at radius 1 is 1.30 bits per heavy atom. The number of carbonyl (C=O) groups excluding carboxylic acids is 1. The number of aliphatic hydroxyl groups excluding tert-OH is 1. The molecule has 2 atom stereocenters. The number of ether oxygens (including phenoxy) is 1. The Balaban J connectivity index is 1.93. The van der Waals surface area contributed by atoms with Crippen LogP contribution in [0.1, 0.15) is 31.2 Å². The maximum Gasteiger partial charge on any atom is 0.573 e. The molecule has 2 N–H and O–H groups in total. The first kappa shape index (κ1) is 17.6. The fourth-order valence-electron chi connectivity index (χ4n) is 2.91. The Labute approximate surface area is 132 Å². The molecule has 0 aliphatic heterocycles. The van der Waals surface area contributed by atoms with Gasteiger partial charge in [0.2, 0.25) is 5.91 Å². The first-order valence-electron chi connectivity index (χ1n) is 7.62. The second-order valence-electron chi connectivity index (χ2n) is 5.77. The Kier molecular flexibility index (Phi) is 5.87. The van der Waals surface area contributed by atoms with Gasteiger partial charge in [-0.2, -0.15) is 0 Å². The first-order chi connectivity index (χ1) is 10.9. The van der Waals surface area contributed by atoms with Crippen molar-refractivity contribution >= 4 is 5.91 Å². The largest absolute Gasteiger partial charge is 0.573 e. The van der Waals surface area contributed by atoms with Crippen molar-refractivity contribution in [1.29, 1.82) is 0 Å². The van der Waals surface area contributed by atoms with Crippen LogP contribution in [-0.2, 0) is 11.2 Å². The Bertz CT molecular complexity index is 534. The molecule has 0 aromatic heterocycles. The van der Waals surface area contributed by atoms with Crippen molar-refractivity contribution in [1.82, 2.24) is 5.32 Å². The minimum Gasteiger partial charge on any atom is -0.406 e. The minimum atomic E-state index is -4.75. The number of nitrogens with one attached hydrogen (secondary N) is 1. The second-order valence-corrected chi connectivity index (χ2v) is 5.77. The van der Waals surface area contributed by atoms with Gasteiger partial charge in [-0.3, -0.25) is 4.79 Å². The number of aliphatic hydroxyl groups is 1. The van der Waals surface area contributed by atoms with E-state index in [-0.39, 0.29) is 36.6 Å². The molecule has 0 heterocycles. The van der Waals surface area contributed by atoms with Gasteiger partial charge in [0.05, 0.1) is 6.42 Å². The fourth-order valence-corrected chi connectivity index (χ4v) is 2.91. The van der Waals surface area contributed by atoms with Crippen molar-refractivity contribution in [2.75, 3.05) is 6.61 Å². The summed E-state index contributed by atoms with van der Waals surface area (Å²) in [4.78, 5) is 12.1. The number of benzene rings is 1. The third-order valence-corrected chi connectivity index (χ3v) is 3.99. The van der Waals surface area contributed by atoms with Gasteiger partial charge >= 0.3 is 6.36 Å². The van der Waals surface area contributed by atoms with E-state index in [2.05, 4.69) is 10.1 Å². The highest BCUT2D eigenvalue weighted by molar-refractivity contribution is 5.79. The molecule has 0 saturated heterocycles. The quantitative estimate of drug-likeness (QED) is 0.872. The molecule has 0 radical (unpaired) electrons. The molecule has 1 aromatic carbocycles. The zero-order valence-electron chi connectivity index (χ0n) is 12.6. The lowest BCUT2D eigenvalue weighted by atomic mass is 9.85. The first-order valence-corrected chi connectivity index (χ1v) is 7.62. The molecule has 2 unspecified atom stereocenters. The fraction of sp³-hybridized carbons (Fsp3) is 0.562. The summed E-state index contributed by atoms with van der Waals surface area (Å²) in [7, 11) is 0. The van der Waals surface area contributed by atoms with E-state index >= 15 is 0 Å². The van der Waals surface area contributed by atoms with Gasteiger partial charge < -0.3 is 15.2 Å². The van der Waals surface area contributed by atoms with Crippen LogP contribution in [0, 0.1) is 5.92 Å². The van der Waals surface area contributed by atoms with E-state index in [9.17, 15) is 23.1 Å². The van der Waals surface area contributed by atoms with Gasteiger partial charge in [0, 0.05) is 18.6 Å². The van der Waals surface area contributed by atoms with Crippen LogP contribution < -0.4 is 10.1 Å². The average Bonchev–Trinajstić information content (AvgIpc) is 2.46. The summed E-state index contributed by atoms with van der Waals surface area (Å²) in [5, 5.41) is 12.2. The van der Waals surface area contributed by atoms with E-state index in [0.717, 1.165) is 25.7 Å². The molecule has 1 aliphatic rings. The van der Waals surface area contributed by atoms with Crippen LogP contribution in [0.25, 0.3) is 0 Å². The van der Waals surface area contributed by atoms with Crippen molar-refractivity contribution in [3.63, 3.8) is 0 Å². The third kappa shape index (κ3) is 5.74. The molecule has 1 amide bonds. The predicted molar refractivity (Wildman–Crippen MR) is 77.8 cm³/mol.